The fraction of sp³-hybridized carbons (Fsp3) is 0.481. The zero-order chi connectivity index (χ0) is 28.6. The Bertz CT molecular complexity index is 1350. The van der Waals surface area contributed by atoms with Crippen LogP contribution in [0.2, 0.25) is 0 Å². The Balaban J connectivity index is 1.61. The average molecular weight is 537 g/mol. The molecule has 0 bridgehead atoms. The van der Waals surface area contributed by atoms with E-state index in [1.54, 1.807) is 32.9 Å². The molecule has 4 aliphatic heterocycles. The molecular weight excluding hydrogens is 504 g/mol. The van der Waals surface area contributed by atoms with Crippen LogP contribution in [-0.2, 0) is 25.6 Å². The van der Waals surface area contributed by atoms with Gasteiger partial charge in [-0.2, -0.15) is 0 Å². The molecule has 206 valence electrons. The highest BCUT2D eigenvalue weighted by molar-refractivity contribution is 6.31. The summed E-state index contributed by atoms with van der Waals surface area (Å²) in [6, 6.07) is 3.46. The molecule has 12 nitrogen and oxygen atoms in total. The molecule has 0 saturated carbocycles. The first-order valence-electron chi connectivity index (χ1n) is 12.8. The smallest absolute Gasteiger partial charge is 0.332 e. The van der Waals surface area contributed by atoms with Crippen LogP contribution < -0.4 is 10.2 Å². The van der Waals surface area contributed by atoms with E-state index in [4.69, 9.17) is 0 Å². The number of fused-ring (bicyclic) bond motifs is 4. The van der Waals surface area contributed by atoms with Crippen LogP contribution in [0.4, 0.5) is 15.3 Å². The predicted octanol–water partition coefficient (Wildman–Crippen LogP) is 0.660. The second-order valence-electron chi connectivity index (χ2n) is 11.6. The third kappa shape index (κ3) is 3.84. The van der Waals surface area contributed by atoms with Crippen molar-refractivity contribution in [3.05, 3.63) is 34.9 Å². The van der Waals surface area contributed by atoms with E-state index in [-0.39, 0.29) is 12.0 Å². The Kier molecular flexibility index (Phi) is 5.94. The van der Waals surface area contributed by atoms with E-state index in [2.05, 4.69) is 15.1 Å². The first kappa shape index (κ1) is 26.5. The molecule has 1 aromatic rings. The number of hydrogen-bond acceptors (Lipinski definition) is 8. The number of benzene rings is 1. The highest BCUT2D eigenvalue weighted by atomic mass is 16.2. The third-order valence-corrected chi connectivity index (χ3v) is 8.06. The summed E-state index contributed by atoms with van der Waals surface area (Å²) in [5.41, 5.74) is -0.506. The summed E-state index contributed by atoms with van der Waals surface area (Å²) in [7, 11) is 4.71. The van der Waals surface area contributed by atoms with Crippen LogP contribution in [0.1, 0.15) is 31.9 Å². The van der Waals surface area contributed by atoms with Crippen molar-refractivity contribution in [1.82, 2.24) is 24.9 Å². The molecule has 5 rings (SSSR count). The third-order valence-electron chi connectivity index (χ3n) is 8.06. The van der Waals surface area contributed by atoms with Crippen molar-refractivity contribution >= 4 is 47.5 Å². The number of anilines is 1. The number of likely N-dealkylation sites (N-methyl/N-ethyl adjacent to an activating group) is 1. The van der Waals surface area contributed by atoms with Crippen LogP contribution in [0.5, 0.6) is 0 Å². The van der Waals surface area contributed by atoms with E-state index in [0.29, 0.717) is 24.2 Å². The van der Waals surface area contributed by atoms with E-state index < -0.39 is 52.7 Å². The highest BCUT2D eigenvalue weighted by Crippen LogP contribution is 2.47. The maximum absolute atomic E-state index is 13.8. The largest absolute Gasteiger partial charge is 0.364 e. The van der Waals surface area contributed by atoms with E-state index in [1.807, 2.05) is 13.1 Å². The van der Waals surface area contributed by atoms with Crippen molar-refractivity contribution in [3.63, 3.8) is 0 Å². The monoisotopic (exact) mass is 536 g/mol. The number of rotatable bonds is 1. The average Bonchev–Trinajstić information content (AvgIpc) is 2.86. The van der Waals surface area contributed by atoms with E-state index >= 15 is 0 Å². The second kappa shape index (κ2) is 8.73. The molecule has 0 radical (unpaired) electrons. The Morgan fingerprint density at radius 3 is 2.21 bits per heavy atom. The van der Waals surface area contributed by atoms with Crippen molar-refractivity contribution in [2.75, 3.05) is 45.7 Å². The van der Waals surface area contributed by atoms with Crippen LogP contribution in [0.3, 0.4) is 0 Å². The summed E-state index contributed by atoms with van der Waals surface area (Å²) in [6.45, 7) is 6.83. The number of barbiturate groups is 2. The van der Waals surface area contributed by atoms with Gasteiger partial charge in [0.25, 0.3) is 11.8 Å². The molecule has 4 heterocycles. The van der Waals surface area contributed by atoms with E-state index in [0.717, 1.165) is 26.9 Å². The number of amides is 8. The van der Waals surface area contributed by atoms with Crippen molar-refractivity contribution < 1.29 is 28.8 Å². The molecule has 1 spiro atoms. The molecule has 12 heteroatoms. The van der Waals surface area contributed by atoms with Gasteiger partial charge in [0.2, 0.25) is 11.8 Å². The minimum absolute atomic E-state index is 0.0563. The lowest BCUT2D eigenvalue weighted by atomic mass is 9.67. The fourth-order valence-corrected chi connectivity index (χ4v) is 6.12. The van der Waals surface area contributed by atoms with Crippen molar-refractivity contribution in [2.24, 2.45) is 5.41 Å². The van der Waals surface area contributed by atoms with Gasteiger partial charge in [0.15, 0.2) is 5.41 Å². The Labute approximate surface area is 226 Å². The molecule has 8 amide bonds. The molecule has 1 N–H and O–H groups in total. The maximum Gasteiger partial charge on any atom is 0.332 e. The number of piperazine rings is 1. The van der Waals surface area contributed by atoms with Crippen molar-refractivity contribution in [2.45, 2.75) is 38.8 Å². The highest BCUT2D eigenvalue weighted by Gasteiger charge is 2.63. The lowest BCUT2D eigenvalue weighted by Crippen LogP contribution is -2.74. The van der Waals surface area contributed by atoms with Crippen LogP contribution in [0, 0.1) is 5.41 Å². The van der Waals surface area contributed by atoms with Gasteiger partial charge in [-0.25, -0.2) is 9.59 Å². The summed E-state index contributed by atoms with van der Waals surface area (Å²) < 4.78 is 0. The number of nitrogens with zero attached hydrogens (tertiary/aromatic N) is 5. The minimum Gasteiger partial charge on any atom is -0.364 e. The van der Waals surface area contributed by atoms with Gasteiger partial charge >= 0.3 is 12.1 Å². The van der Waals surface area contributed by atoms with Gasteiger partial charge in [-0.05, 0) is 63.6 Å². The fourth-order valence-electron chi connectivity index (χ4n) is 6.12. The summed E-state index contributed by atoms with van der Waals surface area (Å²) in [6.07, 6.45) is 1.47. The molecule has 3 saturated heterocycles. The zero-order valence-electron chi connectivity index (χ0n) is 22.9. The topological polar surface area (TPSA) is 131 Å². The Morgan fingerprint density at radius 1 is 0.949 bits per heavy atom. The van der Waals surface area contributed by atoms with Crippen LogP contribution >= 0.6 is 0 Å². The molecule has 0 aliphatic carbocycles. The zero-order valence-corrected chi connectivity index (χ0v) is 22.9. The van der Waals surface area contributed by atoms with Crippen molar-refractivity contribution in [1.29, 1.82) is 0 Å². The van der Waals surface area contributed by atoms with Gasteiger partial charge in [-0.3, -0.25) is 39.2 Å². The summed E-state index contributed by atoms with van der Waals surface area (Å²) in [4.78, 5) is 85.4. The van der Waals surface area contributed by atoms with Crippen LogP contribution in [0.15, 0.2) is 23.8 Å². The molecule has 39 heavy (non-hydrogen) atoms. The second-order valence-corrected chi connectivity index (χ2v) is 11.6. The number of nitrogens with one attached hydrogen (secondary N) is 1. The normalized spacial score (nSPS) is 25.0. The molecule has 1 unspecified atom stereocenters. The van der Waals surface area contributed by atoms with Gasteiger partial charge in [0, 0.05) is 45.0 Å². The number of urea groups is 2. The summed E-state index contributed by atoms with van der Waals surface area (Å²) >= 11 is 0. The maximum atomic E-state index is 13.8. The van der Waals surface area contributed by atoms with Crippen LogP contribution in [-0.4, -0.2) is 108 Å². The van der Waals surface area contributed by atoms with Gasteiger partial charge in [-0.1, -0.05) is 6.07 Å². The van der Waals surface area contributed by atoms with E-state index in [1.165, 1.54) is 20.2 Å². The number of carbonyl (C=O) groups is 6. The summed E-state index contributed by atoms with van der Waals surface area (Å²) in [5, 5.41) is 2.23. The Morgan fingerprint density at radius 2 is 1.59 bits per heavy atom. The molecule has 0 aromatic heterocycles. The molecule has 4 aliphatic rings. The molecule has 3 fully saturated rings. The minimum atomic E-state index is -1.52. The van der Waals surface area contributed by atoms with Crippen molar-refractivity contribution in [3.8, 4) is 0 Å². The first-order chi connectivity index (χ1) is 18.2. The number of imide groups is 4. The predicted molar refractivity (Wildman–Crippen MR) is 140 cm³/mol. The molecular formula is C27H32N6O6. The first-order valence-corrected chi connectivity index (χ1v) is 12.8. The Hall–Kier alpha value is -4.06. The van der Waals surface area contributed by atoms with E-state index in [9.17, 15) is 28.8 Å². The van der Waals surface area contributed by atoms with Gasteiger partial charge in [-0.15, -0.1) is 0 Å². The van der Waals surface area contributed by atoms with Gasteiger partial charge < -0.3 is 9.80 Å². The molecule has 1 aromatic carbocycles. The van der Waals surface area contributed by atoms with Gasteiger partial charge in [0.1, 0.15) is 5.57 Å². The lowest BCUT2D eigenvalue weighted by molar-refractivity contribution is -0.160. The van der Waals surface area contributed by atoms with Crippen LogP contribution in [0.25, 0.3) is 6.08 Å². The SMILES string of the molecule is CN1CCN2c3ccc(/C=C4\C(=O)NC(=O)N(C(C)(C)C)C4=O)cc3CC3(C(=O)N(C)C(=O)N(C)C3=O)C2C1. The summed E-state index contributed by atoms with van der Waals surface area (Å²) in [5.74, 6) is -2.59. The molecule has 1 atom stereocenters. The number of hydrogen-bond donors (Lipinski definition) is 1. The lowest BCUT2D eigenvalue weighted by Gasteiger charge is -2.55. The quantitative estimate of drug-likeness (QED) is 0.315. The number of carbonyl (C=O) groups excluding carboxylic acids is 6. The van der Waals surface area contributed by atoms with Gasteiger partial charge in [0.05, 0.1) is 6.04 Å². The standard InChI is InChI=1S/C27H32N6O6/c1-26(2,3)33-21(35)17(20(34)28-24(33)38)12-15-7-8-18-16(11-15)13-27(19-14-29(4)9-10-32(18)19)22(36)30(5)25(39)31(6)23(27)37/h7-8,11-12,19H,9-10,13-14H2,1-6H3,(H,28,34,38)/b17-12+.